The molecule has 0 aliphatic rings. The summed E-state index contributed by atoms with van der Waals surface area (Å²) in [6, 6.07) is 12.6. The van der Waals surface area contributed by atoms with E-state index in [2.05, 4.69) is 5.32 Å². The van der Waals surface area contributed by atoms with E-state index in [-0.39, 0.29) is 24.6 Å². The molecule has 1 aromatic heterocycles. The lowest BCUT2D eigenvalue weighted by molar-refractivity contribution is -0.116. The first kappa shape index (κ1) is 20.5. The van der Waals surface area contributed by atoms with Crippen LogP contribution in [0, 0.1) is 13.8 Å². The maximum atomic E-state index is 13.0. The molecule has 0 saturated heterocycles. The van der Waals surface area contributed by atoms with E-state index < -0.39 is 5.69 Å². The van der Waals surface area contributed by atoms with Crippen LogP contribution in [0.1, 0.15) is 17.5 Å². The van der Waals surface area contributed by atoms with Gasteiger partial charge < -0.3 is 10.1 Å². The van der Waals surface area contributed by atoms with Crippen LogP contribution in [0.3, 0.4) is 0 Å². The quantitative estimate of drug-likeness (QED) is 0.623. The average molecular weight is 395 g/mol. The molecular weight excluding hydrogens is 370 g/mol. The Hall–Kier alpha value is -3.19. The van der Waals surface area contributed by atoms with Gasteiger partial charge in [0.05, 0.1) is 10.9 Å². The van der Waals surface area contributed by atoms with Crippen LogP contribution in [0.4, 0.5) is 5.69 Å². The van der Waals surface area contributed by atoms with E-state index in [9.17, 15) is 14.4 Å². The van der Waals surface area contributed by atoms with Crippen molar-refractivity contribution in [3.8, 4) is 0 Å². The highest BCUT2D eigenvalue weighted by molar-refractivity contribution is 5.91. The largest absolute Gasteiger partial charge is 0.385 e. The third kappa shape index (κ3) is 4.63. The van der Waals surface area contributed by atoms with E-state index in [1.165, 1.54) is 9.13 Å². The minimum atomic E-state index is -0.500. The molecule has 2 aromatic carbocycles. The molecule has 0 aliphatic carbocycles. The highest BCUT2D eigenvalue weighted by atomic mass is 16.5. The molecule has 0 spiro atoms. The first-order valence-electron chi connectivity index (χ1n) is 9.50. The molecule has 7 heteroatoms. The SMILES string of the molecule is COCCCn1c(=O)c2ccccc2n(CC(=O)Nc2cc(C)cc(C)c2)c1=O. The number of nitrogens with one attached hydrogen (secondary N) is 1. The van der Waals surface area contributed by atoms with Gasteiger partial charge in [-0.1, -0.05) is 18.2 Å². The fourth-order valence-corrected chi connectivity index (χ4v) is 3.48. The Morgan fingerprint density at radius 2 is 1.72 bits per heavy atom. The Morgan fingerprint density at radius 3 is 2.41 bits per heavy atom. The molecule has 1 amide bonds. The zero-order chi connectivity index (χ0) is 21.0. The van der Waals surface area contributed by atoms with Crippen molar-refractivity contribution in [1.29, 1.82) is 0 Å². The van der Waals surface area contributed by atoms with Crippen molar-refractivity contribution in [2.45, 2.75) is 33.4 Å². The molecule has 1 N–H and O–H groups in total. The molecule has 0 radical (unpaired) electrons. The number of anilines is 1. The van der Waals surface area contributed by atoms with Crippen LogP contribution >= 0.6 is 0 Å². The van der Waals surface area contributed by atoms with Gasteiger partial charge in [-0.3, -0.25) is 18.7 Å². The van der Waals surface area contributed by atoms with E-state index in [0.717, 1.165) is 11.1 Å². The second-order valence-corrected chi connectivity index (χ2v) is 7.11. The van der Waals surface area contributed by atoms with Gasteiger partial charge in [-0.05, 0) is 55.7 Å². The molecule has 3 aromatic rings. The number of benzene rings is 2. The number of ether oxygens (including phenoxy) is 1. The lowest BCUT2D eigenvalue weighted by Gasteiger charge is -2.14. The number of nitrogens with zero attached hydrogens (tertiary/aromatic N) is 2. The standard InChI is InChI=1S/C22H25N3O4/c1-15-11-16(2)13-17(12-15)23-20(26)14-25-19-8-5-4-7-18(19)21(27)24(22(25)28)9-6-10-29-3/h4-5,7-8,11-13H,6,9-10,14H2,1-3H3,(H,23,26). The second-order valence-electron chi connectivity index (χ2n) is 7.11. The topological polar surface area (TPSA) is 82.3 Å². The first-order chi connectivity index (χ1) is 13.9. The predicted octanol–water partition coefficient (Wildman–Crippen LogP) is 2.46. The van der Waals surface area contributed by atoms with Crippen molar-refractivity contribution in [3.63, 3.8) is 0 Å². The molecule has 1 heterocycles. The molecule has 0 fully saturated rings. The number of hydrogen-bond acceptors (Lipinski definition) is 4. The summed E-state index contributed by atoms with van der Waals surface area (Å²) in [6.07, 6.45) is 0.527. The highest BCUT2D eigenvalue weighted by Crippen LogP contribution is 2.14. The highest BCUT2D eigenvalue weighted by Gasteiger charge is 2.15. The molecule has 3 rings (SSSR count). The summed E-state index contributed by atoms with van der Waals surface area (Å²) in [7, 11) is 1.57. The van der Waals surface area contributed by atoms with Gasteiger partial charge >= 0.3 is 5.69 Å². The van der Waals surface area contributed by atoms with E-state index in [4.69, 9.17) is 4.74 Å². The lowest BCUT2D eigenvalue weighted by atomic mass is 10.1. The Morgan fingerprint density at radius 1 is 1.03 bits per heavy atom. The van der Waals surface area contributed by atoms with Crippen LogP contribution in [0.15, 0.2) is 52.1 Å². The number of carbonyl (C=O) groups excluding carboxylic acids is 1. The molecule has 0 bridgehead atoms. The monoisotopic (exact) mass is 395 g/mol. The number of para-hydroxylation sites is 1. The third-order valence-corrected chi connectivity index (χ3v) is 4.67. The van der Waals surface area contributed by atoms with Crippen LogP contribution in [0.25, 0.3) is 10.9 Å². The van der Waals surface area contributed by atoms with E-state index in [1.54, 1.807) is 31.4 Å². The molecule has 29 heavy (non-hydrogen) atoms. The van der Waals surface area contributed by atoms with Gasteiger partial charge in [-0.15, -0.1) is 0 Å². The van der Waals surface area contributed by atoms with Crippen LogP contribution < -0.4 is 16.6 Å². The zero-order valence-electron chi connectivity index (χ0n) is 16.9. The van der Waals surface area contributed by atoms with Crippen molar-refractivity contribution in [2.24, 2.45) is 0 Å². The van der Waals surface area contributed by atoms with Gasteiger partial charge in [0.2, 0.25) is 5.91 Å². The van der Waals surface area contributed by atoms with Crippen molar-refractivity contribution >= 4 is 22.5 Å². The van der Waals surface area contributed by atoms with Crippen LogP contribution in [-0.4, -0.2) is 28.8 Å². The van der Waals surface area contributed by atoms with Gasteiger partial charge in [-0.25, -0.2) is 4.79 Å². The van der Waals surface area contributed by atoms with Gasteiger partial charge in [-0.2, -0.15) is 0 Å². The van der Waals surface area contributed by atoms with Crippen LogP contribution in [0.5, 0.6) is 0 Å². The van der Waals surface area contributed by atoms with Gasteiger partial charge in [0.25, 0.3) is 5.56 Å². The summed E-state index contributed by atoms with van der Waals surface area (Å²) in [5.74, 6) is -0.329. The molecule has 0 aliphatic heterocycles. The average Bonchev–Trinajstić information content (AvgIpc) is 2.67. The van der Waals surface area contributed by atoms with Crippen molar-refractivity contribution in [3.05, 3.63) is 74.4 Å². The second kappa shape index (κ2) is 8.87. The van der Waals surface area contributed by atoms with Gasteiger partial charge in [0, 0.05) is 25.9 Å². The summed E-state index contributed by atoms with van der Waals surface area (Å²) < 4.78 is 7.54. The lowest BCUT2D eigenvalue weighted by Crippen LogP contribution is -2.42. The maximum absolute atomic E-state index is 13.0. The van der Waals surface area contributed by atoms with Gasteiger partial charge in [0.15, 0.2) is 0 Å². The minimum Gasteiger partial charge on any atom is -0.385 e. The smallest absolute Gasteiger partial charge is 0.331 e. The Balaban J connectivity index is 1.98. The number of methoxy groups -OCH3 is 1. The fraction of sp³-hybridized carbons (Fsp3) is 0.318. The molecule has 0 unspecified atom stereocenters. The van der Waals surface area contributed by atoms with E-state index in [0.29, 0.717) is 29.6 Å². The minimum absolute atomic E-state index is 0.184. The molecule has 152 valence electrons. The summed E-state index contributed by atoms with van der Waals surface area (Å²) in [5, 5.41) is 3.25. The summed E-state index contributed by atoms with van der Waals surface area (Å²) in [6.45, 7) is 4.39. The summed E-state index contributed by atoms with van der Waals surface area (Å²) in [4.78, 5) is 38.4. The number of carbonyl (C=O) groups is 1. The normalized spacial score (nSPS) is 11.0. The number of hydrogen-bond donors (Lipinski definition) is 1. The third-order valence-electron chi connectivity index (χ3n) is 4.67. The van der Waals surface area contributed by atoms with Crippen molar-refractivity contribution < 1.29 is 9.53 Å². The Kier molecular flexibility index (Phi) is 6.29. The van der Waals surface area contributed by atoms with E-state index >= 15 is 0 Å². The number of fused-ring (bicyclic) bond motifs is 1. The van der Waals surface area contributed by atoms with Crippen LogP contribution in [0.2, 0.25) is 0 Å². The number of aromatic nitrogens is 2. The maximum Gasteiger partial charge on any atom is 0.331 e. The fourth-order valence-electron chi connectivity index (χ4n) is 3.48. The van der Waals surface area contributed by atoms with Crippen molar-refractivity contribution in [1.82, 2.24) is 9.13 Å². The molecule has 0 saturated carbocycles. The predicted molar refractivity (Wildman–Crippen MR) is 114 cm³/mol. The first-order valence-corrected chi connectivity index (χ1v) is 9.50. The van der Waals surface area contributed by atoms with Crippen molar-refractivity contribution in [2.75, 3.05) is 19.0 Å². The molecule has 7 nitrogen and oxygen atoms in total. The number of rotatable bonds is 7. The van der Waals surface area contributed by atoms with Crippen LogP contribution in [-0.2, 0) is 22.6 Å². The van der Waals surface area contributed by atoms with Gasteiger partial charge in [0.1, 0.15) is 6.54 Å². The Labute approximate surface area is 168 Å². The zero-order valence-corrected chi connectivity index (χ0v) is 16.9. The molecule has 0 atom stereocenters. The number of amides is 1. The summed E-state index contributed by atoms with van der Waals surface area (Å²) in [5.41, 5.74) is 2.34. The summed E-state index contributed by atoms with van der Waals surface area (Å²) >= 11 is 0. The van der Waals surface area contributed by atoms with E-state index in [1.807, 2.05) is 32.0 Å². The molecular formula is C22H25N3O4. The Bertz CT molecular complexity index is 1140. The number of aryl methyl sites for hydroxylation is 2.